The van der Waals surface area contributed by atoms with Gasteiger partial charge in [0.1, 0.15) is 6.04 Å². The second kappa shape index (κ2) is 8.90. The summed E-state index contributed by atoms with van der Waals surface area (Å²) in [5.41, 5.74) is 0. The van der Waals surface area contributed by atoms with E-state index in [0.717, 1.165) is 0 Å². The van der Waals surface area contributed by atoms with E-state index in [2.05, 4.69) is 10.6 Å². The monoisotopic (exact) mass is 292 g/mol. The van der Waals surface area contributed by atoms with Crippen molar-refractivity contribution in [3.63, 3.8) is 0 Å². The Balaban J connectivity index is 4.14. The number of hydrogen-bond donors (Lipinski definition) is 3. The third-order valence-corrected chi connectivity index (χ3v) is 4.54. The fraction of sp³-hybridized carbons (Fsp3) is 0.833. The zero-order valence-electron chi connectivity index (χ0n) is 11.9. The minimum Gasteiger partial charge on any atom is -0.480 e. The molecule has 0 saturated heterocycles. The van der Waals surface area contributed by atoms with Crippen molar-refractivity contribution in [2.45, 2.75) is 44.9 Å². The highest BCUT2D eigenvalue weighted by atomic mass is 32.2. The third-order valence-electron chi connectivity index (χ3n) is 3.17. The number of carbonyl (C=O) groups is 2. The van der Waals surface area contributed by atoms with Gasteiger partial charge in [0, 0.05) is 28.9 Å². The van der Waals surface area contributed by atoms with Gasteiger partial charge in [-0.1, -0.05) is 27.2 Å². The van der Waals surface area contributed by atoms with Crippen LogP contribution in [0.3, 0.4) is 0 Å². The van der Waals surface area contributed by atoms with Gasteiger partial charge in [0.15, 0.2) is 0 Å². The molecular formula is C12H24N2O4S. The average molecular weight is 292 g/mol. The number of rotatable bonds is 8. The van der Waals surface area contributed by atoms with Crippen LogP contribution in [0.15, 0.2) is 0 Å². The molecule has 6 nitrogen and oxygen atoms in total. The molecule has 0 spiro atoms. The summed E-state index contributed by atoms with van der Waals surface area (Å²) in [7, 11) is -0.918. The lowest BCUT2D eigenvalue weighted by atomic mass is 9.99. The summed E-state index contributed by atoms with van der Waals surface area (Å²) < 4.78 is 11.1. The van der Waals surface area contributed by atoms with Crippen molar-refractivity contribution in [2.24, 2.45) is 5.92 Å². The van der Waals surface area contributed by atoms with E-state index in [4.69, 9.17) is 5.11 Å². The van der Waals surface area contributed by atoms with Gasteiger partial charge in [-0.15, -0.1) is 0 Å². The van der Waals surface area contributed by atoms with Crippen LogP contribution in [0.4, 0.5) is 4.79 Å². The summed E-state index contributed by atoms with van der Waals surface area (Å²) in [6.07, 6.45) is 2.88. The van der Waals surface area contributed by atoms with Crippen LogP contribution >= 0.6 is 0 Å². The molecule has 0 fully saturated rings. The summed E-state index contributed by atoms with van der Waals surface area (Å²) in [4.78, 5) is 22.6. The van der Waals surface area contributed by atoms with E-state index in [-0.39, 0.29) is 11.2 Å². The molecule has 0 aliphatic heterocycles. The van der Waals surface area contributed by atoms with Crippen LogP contribution in [0.2, 0.25) is 0 Å². The standard InChI is InChI=1S/C12H24N2O4S/c1-5-8(2)10(11(15)16)14-12(17)13-7-6-9(3)19(4)18/h8-10H,5-7H2,1-4H3,(H,15,16)(H2,13,14,17). The molecule has 0 radical (unpaired) electrons. The first-order valence-corrected chi connectivity index (χ1v) is 8.01. The normalized spacial score (nSPS) is 17.1. The van der Waals surface area contributed by atoms with Crippen LogP contribution in [0.5, 0.6) is 0 Å². The number of urea groups is 1. The van der Waals surface area contributed by atoms with Crippen LogP contribution in [0.25, 0.3) is 0 Å². The lowest BCUT2D eigenvalue weighted by Crippen LogP contribution is -2.49. The Morgan fingerprint density at radius 3 is 2.32 bits per heavy atom. The van der Waals surface area contributed by atoms with Crippen molar-refractivity contribution in [1.29, 1.82) is 0 Å². The Labute approximate surface area is 116 Å². The third kappa shape index (κ3) is 7.15. The predicted octanol–water partition coefficient (Wildman–Crippen LogP) is 0.942. The van der Waals surface area contributed by atoms with Gasteiger partial charge in [-0.25, -0.2) is 9.59 Å². The van der Waals surface area contributed by atoms with E-state index in [1.807, 2.05) is 13.8 Å². The van der Waals surface area contributed by atoms with Crippen molar-refractivity contribution in [3.05, 3.63) is 0 Å². The Bertz CT molecular complexity index is 336. The number of amides is 2. The summed E-state index contributed by atoms with van der Waals surface area (Å²) in [6.45, 7) is 5.87. The minimum atomic E-state index is -1.03. The molecule has 0 aliphatic carbocycles. The van der Waals surface area contributed by atoms with Gasteiger partial charge < -0.3 is 15.7 Å². The molecule has 0 aliphatic rings. The lowest BCUT2D eigenvalue weighted by Gasteiger charge is -2.20. The van der Waals surface area contributed by atoms with Gasteiger partial charge in [0.25, 0.3) is 0 Å². The van der Waals surface area contributed by atoms with Crippen LogP contribution in [-0.4, -0.2) is 45.4 Å². The SMILES string of the molecule is CCC(C)C(NC(=O)NCCC(C)S(C)=O)C(=O)O. The molecule has 0 saturated carbocycles. The molecule has 0 bridgehead atoms. The first kappa shape index (κ1) is 17.9. The zero-order valence-corrected chi connectivity index (χ0v) is 12.8. The molecule has 3 N–H and O–H groups in total. The predicted molar refractivity (Wildman–Crippen MR) is 75.6 cm³/mol. The lowest BCUT2D eigenvalue weighted by molar-refractivity contribution is -0.140. The quantitative estimate of drug-likeness (QED) is 0.620. The van der Waals surface area contributed by atoms with E-state index >= 15 is 0 Å². The molecule has 0 aromatic rings. The van der Waals surface area contributed by atoms with Crippen molar-refractivity contribution in [2.75, 3.05) is 12.8 Å². The number of carboxylic acid groups (broad SMARTS) is 1. The maximum atomic E-state index is 11.6. The Morgan fingerprint density at radius 1 is 1.32 bits per heavy atom. The van der Waals surface area contributed by atoms with E-state index in [9.17, 15) is 13.8 Å². The highest BCUT2D eigenvalue weighted by Gasteiger charge is 2.25. The number of aliphatic carboxylic acids is 1. The van der Waals surface area contributed by atoms with E-state index < -0.39 is 28.8 Å². The minimum absolute atomic E-state index is 0.00476. The Morgan fingerprint density at radius 2 is 1.89 bits per heavy atom. The van der Waals surface area contributed by atoms with Gasteiger partial charge >= 0.3 is 12.0 Å². The zero-order chi connectivity index (χ0) is 15.0. The Hall–Kier alpha value is -1.11. The van der Waals surface area contributed by atoms with Crippen molar-refractivity contribution in [3.8, 4) is 0 Å². The summed E-state index contributed by atoms with van der Waals surface area (Å²) in [5.74, 6) is -1.17. The highest BCUT2D eigenvalue weighted by Crippen LogP contribution is 2.07. The molecule has 7 heteroatoms. The maximum absolute atomic E-state index is 11.6. The van der Waals surface area contributed by atoms with E-state index in [1.165, 1.54) is 0 Å². The number of hydrogen-bond acceptors (Lipinski definition) is 3. The number of carboxylic acids is 1. The van der Waals surface area contributed by atoms with Crippen LogP contribution in [-0.2, 0) is 15.6 Å². The molecule has 0 aromatic heterocycles. The molecule has 2 amide bonds. The fourth-order valence-electron chi connectivity index (χ4n) is 1.43. The smallest absolute Gasteiger partial charge is 0.326 e. The van der Waals surface area contributed by atoms with Gasteiger partial charge in [-0.3, -0.25) is 4.21 Å². The molecule has 19 heavy (non-hydrogen) atoms. The summed E-state index contributed by atoms with van der Waals surface area (Å²) >= 11 is 0. The summed E-state index contributed by atoms with van der Waals surface area (Å²) in [6, 6.07) is -1.38. The second-order valence-electron chi connectivity index (χ2n) is 4.70. The molecule has 0 heterocycles. The Kier molecular flexibility index (Phi) is 8.38. The average Bonchev–Trinajstić information content (AvgIpc) is 2.34. The molecular weight excluding hydrogens is 268 g/mol. The van der Waals surface area contributed by atoms with Gasteiger partial charge in [0.05, 0.1) is 0 Å². The first-order valence-electron chi connectivity index (χ1n) is 6.39. The van der Waals surface area contributed by atoms with Crippen molar-refractivity contribution in [1.82, 2.24) is 10.6 Å². The topological polar surface area (TPSA) is 95.5 Å². The van der Waals surface area contributed by atoms with Crippen LogP contribution in [0.1, 0.15) is 33.6 Å². The second-order valence-corrected chi connectivity index (χ2v) is 6.50. The van der Waals surface area contributed by atoms with Gasteiger partial charge in [-0.2, -0.15) is 0 Å². The summed E-state index contributed by atoms with van der Waals surface area (Å²) in [5, 5.41) is 14.1. The number of carbonyl (C=O) groups excluding carboxylic acids is 1. The van der Waals surface area contributed by atoms with Gasteiger partial charge in [0.2, 0.25) is 0 Å². The maximum Gasteiger partial charge on any atom is 0.326 e. The number of nitrogens with one attached hydrogen (secondary N) is 2. The van der Waals surface area contributed by atoms with E-state index in [0.29, 0.717) is 19.4 Å². The van der Waals surface area contributed by atoms with Crippen LogP contribution < -0.4 is 10.6 Å². The molecule has 4 unspecified atom stereocenters. The van der Waals surface area contributed by atoms with E-state index in [1.54, 1.807) is 13.2 Å². The molecule has 112 valence electrons. The molecule has 4 atom stereocenters. The van der Waals surface area contributed by atoms with Gasteiger partial charge in [-0.05, 0) is 12.3 Å². The fourth-order valence-corrected chi connectivity index (χ4v) is 1.88. The molecule has 0 rings (SSSR count). The first-order chi connectivity index (χ1) is 8.79. The highest BCUT2D eigenvalue weighted by molar-refractivity contribution is 7.84. The largest absolute Gasteiger partial charge is 0.480 e. The molecule has 0 aromatic carbocycles. The van der Waals surface area contributed by atoms with Crippen molar-refractivity contribution >= 4 is 22.8 Å². The van der Waals surface area contributed by atoms with Crippen LogP contribution in [0, 0.1) is 5.92 Å². The van der Waals surface area contributed by atoms with Crippen molar-refractivity contribution < 1.29 is 18.9 Å².